The van der Waals surface area contributed by atoms with Crippen molar-refractivity contribution in [2.45, 2.75) is 39.7 Å². The maximum absolute atomic E-state index is 5.48. The van der Waals surface area contributed by atoms with Gasteiger partial charge in [0.2, 0.25) is 11.7 Å². The summed E-state index contributed by atoms with van der Waals surface area (Å²) in [4.78, 5) is 8.78. The molecule has 0 saturated heterocycles. The molecule has 0 aromatic carbocycles. The molecule has 6 heteroatoms. The van der Waals surface area contributed by atoms with E-state index in [1.807, 2.05) is 17.8 Å². The van der Waals surface area contributed by atoms with E-state index in [2.05, 4.69) is 48.1 Å². The van der Waals surface area contributed by atoms with Gasteiger partial charge in [0.05, 0.1) is 5.92 Å². The zero-order valence-electron chi connectivity index (χ0n) is 12.8. The predicted molar refractivity (Wildman–Crippen MR) is 77.2 cm³/mol. The van der Waals surface area contributed by atoms with Gasteiger partial charge in [0.15, 0.2) is 5.82 Å². The molecule has 0 aliphatic carbocycles. The second kappa shape index (κ2) is 6.17. The number of hydrogen-bond donors (Lipinski definition) is 1. The first-order valence-electron chi connectivity index (χ1n) is 7.09. The van der Waals surface area contributed by atoms with Gasteiger partial charge in [-0.25, -0.2) is 4.98 Å². The minimum atomic E-state index is 0.191. The third-order valence-electron chi connectivity index (χ3n) is 3.53. The van der Waals surface area contributed by atoms with Crippen LogP contribution in [-0.2, 0) is 7.05 Å². The highest BCUT2D eigenvalue weighted by atomic mass is 16.5. The van der Waals surface area contributed by atoms with Gasteiger partial charge in [0, 0.05) is 25.5 Å². The number of nitrogens with zero attached hydrogens (tertiary/aromatic N) is 4. The Balaban J connectivity index is 2.27. The Bertz CT molecular complexity index is 545. The summed E-state index contributed by atoms with van der Waals surface area (Å²) in [6, 6.07) is 0.287. The Morgan fingerprint density at radius 2 is 2.10 bits per heavy atom. The van der Waals surface area contributed by atoms with E-state index >= 15 is 0 Å². The molecular formula is C14H23N5O. The number of nitrogens with one attached hydrogen (secondary N) is 1. The van der Waals surface area contributed by atoms with Crippen LogP contribution in [0.3, 0.4) is 0 Å². The van der Waals surface area contributed by atoms with Gasteiger partial charge in [0.1, 0.15) is 0 Å². The molecule has 2 unspecified atom stereocenters. The molecule has 2 atom stereocenters. The van der Waals surface area contributed by atoms with E-state index in [1.165, 1.54) is 0 Å². The lowest BCUT2D eigenvalue weighted by molar-refractivity contribution is 0.281. The Morgan fingerprint density at radius 1 is 1.35 bits per heavy atom. The van der Waals surface area contributed by atoms with Gasteiger partial charge in [-0.3, -0.25) is 0 Å². The third kappa shape index (κ3) is 2.90. The fraction of sp³-hybridized carbons (Fsp3) is 0.643. The molecule has 0 aliphatic heterocycles. The summed E-state index contributed by atoms with van der Waals surface area (Å²) in [5, 5.41) is 7.50. The lowest BCUT2D eigenvalue weighted by Gasteiger charge is -2.24. The molecule has 2 heterocycles. The number of hydrogen-bond acceptors (Lipinski definition) is 5. The zero-order valence-corrected chi connectivity index (χ0v) is 12.8. The van der Waals surface area contributed by atoms with Crippen LogP contribution < -0.4 is 5.32 Å². The van der Waals surface area contributed by atoms with E-state index in [9.17, 15) is 0 Å². The smallest absolute Gasteiger partial charge is 0.238 e. The molecule has 0 bridgehead atoms. The number of aryl methyl sites for hydroxylation is 1. The fourth-order valence-corrected chi connectivity index (χ4v) is 2.57. The Morgan fingerprint density at radius 3 is 2.65 bits per heavy atom. The van der Waals surface area contributed by atoms with E-state index in [0.29, 0.717) is 17.6 Å². The quantitative estimate of drug-likeness (QED) is 0.876. The molecule has 0 saturated carbocycles. The maximum Gasteiger partial charge on any atom is 0.238 e. The van der Waals surface area contributed by atoms with E-state index < -0.39 is 0 Å². The van der Waals surface area contributed by atoms with Crippen molar-refractivity contribution in [2.24, 2.45) is 13.0 Å². The normalized spacial score (nSPS) is 14.7. The molecule has 0 amide bonds. The second-order valence-electron chi connectivity index (χ2n) is 5.43. The van der Waals surface area contributed by atoms with Crippen molar-refractivity contribution in [2.75, 3.05) is 6.54 Å². The number of aromatic nitrogens is 4. The topological polar surface area (TPSA) is 68.8 Å². The summed E-state index contributed by atoms with van der Waals surface area (Å²) in [7, 11) is 1.92. The van der Waals surface area contributed by atoms with Crippen LogP contribution in [0, 0.1) is 5.92 Å². The molecule has 0 spiro atoms. The monoisotopic (exact) mass is 277 g/mol. The van der Waals surface area contributed by atoms with Crippen molar-refractivity contribution < 1.29 is 4.52 Å². The summed E-state index contributed by atoms with van der Waals surface area (Å²) in [6.07, 6.45) is 3.60. The summed E-state index contributed by atoms with van der Waals surface area (Å²) >= 11 is 0. The Hall–Kier alpha value is -1.69. The molecule has 2 rings (SSSR count). The van der Waals surface area contributed by atoms with Crippen LogP contribution >= 0.6 is 0 Å². The van der Waals surface area contributed by atoms with Crippen LogP contribution in [0.5, 0.6) is 0 Å². The first kappa shape index (κ1) is 14.7. The van der Waals surface area contributed by atoms with Crippen molar-refractivity contribution in [3.8, 4) is 11.6 Å². The highest BCUT2D eigenvalue weighted by Gasteiger charge is 2.28. The average Bonchev–Trinajstić information content (AvgIpc) is 2.98. The SMILES string of the molecule is CCNC(C)C(c1nc(-c2nccn2C)no1)C(C)C. The summed E-state index contributed by atoms with van der Waals surface area (Å²) in [5.74, 6) is 2.54. The van der Waals surface area contributed by atoms with Crippen LogP contribution in [0.4, 0.5) is 0 Å². The molecule has 0 aliphatic rings. The van der Waals surface area contributed by atoms with Gasteiger partial charge in [-0.15, -0.1) is 0 Å². The van der Waals surface area contributed by atoms with Crippen LogP contribution in [0.15, 0.2) is 16.9 Å². The van der Waals surface area contributed by atoms with Gasteiger partial charge in [-0.05, 0) is 19.4 Å². The highest BCUT2D eigenvalue weighted by molar-refractivity contribution is 5.42. The van der Waals surface area contributed by atoms with Crippen molar-refractivity contribution in [3.05, 3.63) is 18.3 Å². The van der Waals surface area contributed by atoms with Gasteiger partial charge >= 0.3 is 0 Å². The van der Waals surface area contributed by atoms with E-state index in [1.54, 1.807) is 6.20 Å². The van der Waals surface area contributed by atoms with Gasteiger partial charge in [-0.2, -0.15) is 4.98 Å². The van der Waals surface area contributed by atoms with Crippen LogP contribution in [0.25, 0.3) is 11.6 Å². The standard InChI is InChI=1S/C14H23N5O/c1-6-15-10(4)11(9(2)3)14-17-12(18-20-14)13-16-7-8-19(13)5/h7-11,15H,6H2,1-5H3. The summed E-state index contributed by atoms with van der Waals surface area (Å²) < 4.78 is 7.36. The number of likely N-dealkylation sites (N-methyl/N-ethyl adjacent to an activating group) is 1. The van der Waals surface area contributed by atoms with Gasteiger partial charge in [-0.1, -0.05) is 25.9 Å². The summed E-state index contributed by atoms with van der Waals surface area (Å²) in [5.41, 5.74) is 0. The largest absolute Gasteiger partial charge is 0.338 e. The number of imidazole rings is 1. The fourth-order valence-electron chi connectivity index (χ4n) is 2.57. The lowest BCUT2D eigenvalue weighted by Crippen LogP contribution is -2.34. The zero-order chi connectivity index (χ0) is 14.7. The van der Waals surface area contributed by atoms with E-state index in [-0.39, 0.29) is 12.0 Å². The van der Waals surface area contributed by atoms with Crippen molar-refractivity contribution in [1.82, 2.24) is 25.0 Å². The average molecular weight is 277 g/mol. The maximum atomic E-state index is 5.48. The molecule has 2 aromatic heterocycles. The van der Waals surface area contributed by atoms with Gasteiger partial charge in [0.25, 0.3) is 0 Å². The molecular weight excluding hydrogens is 254 g/mol. The van der Waals surface area contributed by atoms with Crippen LogP contribution in [0.2, 0.25) is 0 Å². The van der Waals surface area contributed by atoms with Gasteiger partial charge < -0.3 is 14.4 Å². The molecule has 1 N–H and O–H groups in total. The molecule has 110 valence electrons. The molecule has 0 radical (unpaired) electrons. The van der Waals surface area contributed by atoms with Crippen LogP contribution in [-0.4, -0.2) is 32.3 Å². The Kier molecular flexibility index (Phi) is 4.54. The van der Waals surface area contributed by atoms with Crippen molar-refractivity contribution >= 4 is 0 Å². The molecule has 6 nitrogen and oxygen atoms in total. The van der Waals surface area contributed by atoms with E-state index in [0.717, 1.165) is 12.4 Å². The van der Waals surface area contributed by atoms with Crippen molar-refractivity contribution in [3.63, 3.8) is 0 Å². The minimum Gasteiger partial charge on any atom is -0.338 e. The lowest BCUT2D eigenvalue weighted by atomic mass is 9.89. The minimum absolute atomic E-state index is 0.191. The molecule has 20 heavy (non-hydrogen) atoms. The predicted octanol–water partition coefficient (Wildman–Crippen LogP) is 2.21. The first-order valence-corrected chi connectivity index (χ1v) is 7.09. The van der Waals surface area contributed by atoms with Crippen molar-refractivity contribution in [1.29, 1.82) is 0 Å². The Labute approximate surface area is 119 Å². The third-order valence-corrected chi connectivity index (χ3v) is 3.53. The molecule has 0 fully saturated rings. The number of rotatable bonds is 6. The molecule has 2 aromatic rings. The van der Waals surface area contributed by atoms with Crippen LogP contribution in [0.1, 0.15) is 39.5 Å². The summed E-state index contributed by atoms with van der Waals surface area (Å²) in [6.45, 7) is 9.51. The van der Waals surface area contributed by atoms with E-state index in [4.69, 9.17) is 4.52 Å². The highest BCUT2D eigenvalue weighted by Crippen LogP contribution is 2.28. The first-order chi connectivity index (χ1) is 9.54. The second-order valence-corrected chi connectivity index (χ2v) is 5.43.